The molecule has 2 aromatic heterocycles. The van der Waals surface area contributed by atoms with E-state index in [0.717, 1.165) is 16.6 Å². The van der Waals surface area contributed by atoms with Crippen molar-refractivity contribution < 1.29 is 14.0 Å². The molecule has 0 aliphatic heterocycles. The zero-order valence-electron chi connectivity index (χ0n) is 14.3. The number of anilines is 1. The van der Waals surface area contributed by atoms with Crippen LogP contribution < -0.4 is 10.6 Å². The fourth-order valence-corrected chi connectivity index (χ4v) is 2.80. The van der Waals surface area contributed by atoms with Crippen LogP contribution in [0.15, 0.2) is 47.1 Å². The lowest BCUT2D eigenvalue weighted by Crippen LogP contribution is -2.25. The Labute approximate surface area is 145 Å². The maximum atomic E-state index is 12.6. The highest BCUT2D eigenvalue weighted by Gasteiger charge is 2.15. The van der Waals surface area contributed by atoms with Crippen LogP contribution >= 0.6 is 0 Å². The highest BCUT2D eigenvalue weighted by Crippen LogP contribution is 2.24. The largest absolute Gasteiger partial charge is 0.467 e. The lowest BCUT2D eigenvalue weighted by molar-refractivity contribution is -0.115. The molecule has 1 aromatic carbocycles. The Morgan fingerprint density at radius 1 is 1.16 bits per heavy atom. The minimum Gasteiger partial charge on any atom is -0.467 e. The van der Waals surface area contributed by atoms with Crippen molar-refractivity contribution in [2.24, 2.45) is 0 Å². The summed E-state index contributed by atoms with van der Waals surface area (Å²) in [7, 11) is 0. The number of benzene rings is 1. The van der Waals surface area contributed by atoms with Crippen molar-refractivity contribution in [3.05, 3.63) is 54.1 Å². The molecule has 0 fully saturated rings. The number of rotatable bonds is 6. The first-order valence-electron chi connectivity index (χ1n) is 8.36. The zero-order valence-corrected chi connectivity index (χ0v) is 14.3. The maximum absolute atomic E-state index is 12.6. The monoisotopic (exact) mass is 339 g/mol. The molecule has 2 amide bonds. The van der Waals surface area contributed by atoms with E-state index >= 15 is 0 Å². The predicted octanol–water partition coefficient (Wildman–Crippen LogP) is 3.53. The molecule has 0 saturated carbocycles. The van der Waals surface area contributed by atoms with Gasteiger partial charge in [-0.2, -0.15) is 0 Å². The first-order chi connectivity index (χ1) is 12.1. The van der Waals surface area contributed by atoms with Gasteiger partial charge < -0.3 is 19.6 Å². The Balaban J connectivity index is 1.86. The third-order valence-corrected chi connectivity index (χ3v) is 4.06. The Kier molecular flexibility index (Phi) is 4.88. The van der Waals surface area contributed by atoms with E-state index in [-0.39, 0.29) is 11.8 Å². The van der Waals surface area contributed by atoms with Crippen LogP contribution in [0.4, 0.5) is 5.69 Å². The molecule has 0 bridgehead atoms. The second-order valence-electron chi connectivity index (χ2n) is 5.71. The van der Waals surface area contributed by atoms with E-state index in [1.54, 1.807) is 12.3 Å². The average Bonchev–Trinajstić information content (AvgIpc) is 3.26. The second kappa shape index (κ2) is 7.25. The van der Waals surface area contributed by atoms with Gasteiger partial charge in [-0.05, 0) is 43.3 Å². The molecule has 2 heterocycles. The van der Waals surface area contributed by atoms with Gasteiger partial charge in [0.05, 0.1) is 12.8 Å². The lowest BCUT2D eigenvalue weighted by Gasteiger charge is -2.08. The van der Waals surface area contributed by atoms with E-state index in [1.807, 2.05) is 48.7 Å². The molecule has 0 spiro atoms. The van der Waals surface area contributed by atoms with E-state index in [1.165, 1.54) is 0 Å². The average molecular weight is 339 g/mol. The van der Waals surface area contributed by atoms with E-state index in [9.17, 15) is 9.59 Å². The van der Waals surface area contributed by atoms with Crippen LogP contribution in [0.25, 0.3) is 10.9 Å². The first kappa shape index (κ1) is 16.8. The van der Waals surface area contributed by atoms with Gasteiger partial charge in [-0.1, -0.05) is 6.92 Å². The molecule has 25 heavy (non-hydrogen) atoms. The number of fused-ring (bicyclic) bond motifs is 1. The smallest absolute Gasteiger partial charge is 0.268 e. The van der Waals surface area contributed by atoms with E-state index in [2.05, 4.69) is 10.6 Å². The fraction of sp³-hybridized carbons (Fsp3) is 0.263. The number of furan rings is 1. The van der Waals surface area contributed by atoms with Crippen LogP contribution in [0.1, 0.15) is 36.5 Å². The molecule has 3 rings (SSSR count). The molecule has 3 aromatic rings. The molecule has 2 N–H and O–H groups in total. The van der Waals surface area contributed by atoms with Gasteiger partial charge >= 0.3 is 0 Å². The number of amides is 2. The van der Waals surface area contributed by atoms with Crippen molar-refractivity contribution in [3.63, 3.8) is 0 Å². The van der Waals surface area contributed by atoms with Crippen LogP contribution in [-0.2, 0) is 17.9 Å². The summed E-state index contributed by atoms with van der Waals surface area (Å²) in [5.74, 6) is 0.511. The van der Waals surface area contributed by atoms with Gasteiger partial charge in [0, 0.05) is 29.6 Å². The van der Waals surface area contributed by atoms with Gasteiger partial charge in [-0.15, -0.1) is 0 Å². The molecule has 6 nitrogen and oxygen atoms in total. The van der Waals surface area contributed by atoms with Crippen molar-refractivity contribution in [1.29, 1.82) is 0 Å². The van der Waals surface area contributed by atoms with Crippen molar-refractivity contribution >= 4 is 28.4 Å². The zero-order chi connectivity index (χ0) is 17.8. The van der Waals surface area contributed by atoms with E-state index < -0.39 is 0 Å². The number of nitrogens with zero attached hydrogens (tertiary/aromatic N) is 1. The quantitative estimate of drug-likeness (QED) is 0.721. The van der Waals surface area contributed by atoms with E-state index in [0.29, 0.717) is 31.0 Å². The summed E-state index contributed by atoms with van der Waals surface area (Å²) in [5, 5.41) is 6.63. The Morgan fingerprint density at radius 3 is 2.68 bits per heavy atom. The number of hydrogen-bond donors (Lipinski definition) is 2. The highest BCUT2D eigenvalue weighted by molar-refractivity contribution is 6.00. The number of aryl methyl sites for hydroxylation is 1. The maximum Gasteiger partial charge on any atom is 0.268 e. The van der Waals surface area contributed by atoms with Gasteiger partial charge in [0.25, 0.3) is 5.91 Å². The minimum absolute atomic E-state index is 0.0364. The van der Waals surface area contributed by atoms with Gasteiger partial charge in [-0.25, -0.2) is 0 Å². The Hall–Kier alpha value is -3.02. The van der Waals surface area contributed by atoms with Crippen molar-refractivity contribution in [3.8, 4) is 0 Å². The first-order valence-corrected chi connectivity index (χ1v) is 8.36. The molecule has 0 unspecified atom stereocenters. The summed E-state index contributed by atoms with van der Waals surface area (Å²) in [6.45, 7) is 4.82. The van der Waals surface area contributed by atoms with Crippen LogP contribution in [0.5, 0.6) is 0 Å². The second-order valence-corrected chi connectivity index (χ2v) is 5.71. The van der Waals surface area contributed by atoms with Crippen LogP contribution in [0.3, 0.4) is 0 Å². The molecule has 0 radical (unpaired) electrons. The molecule has 6 heteroatoms. The third-order valence-electron chi connectivity index (χ3n) is 4.06. The molecule has 0 saturated heterocycles. The summed E-state index contributed by atoms with van der Waals surface area (Å²) in [6, 6.07) is 11.1. The van der Waals surface area contributed by atoms with Crippen LogP contribution in [0, 0.1) is 0 Å². The summed E-state index contributed by atoms with van der Waals surface area (Å²) < 4.78 is 7.19. The molecular weight excluding hydrogens is 318 g/mol. The number of carbonyl (C=O) groups excluding carboxylic acids is 2. The number of carbonyl (C=O) groups is 2. The van der Waals surface area contributed by atoms with Crippen molar-refractivity contribution in [1.82, 2.24) is 9.88 Å². The fourth-order valence-electron chi connectivity index (χ4n) is 2.80. The number of hydrogen-bond acceptors (Lipinski definition) is 3. The normalized spacial score (nSPS) is 10.8. The molecule has 0 aliphatic carbocycles. The van der Waals surface area contributed by atoms with Gasteiger partial charge in [0.2, 0.25) is 5.91 Å². The lowest BCUT2D eigenvalue weighted by atomic mass is 10.2. The SMILES string of the molecule is CCC(=O)Nc1ccc2c(c1)cc(C(=O)NCc1ccco1)n2CC. The van der Waals surface area contributed by atoms with Crippen LogP contribution in [0.2, 0.25) is 0 Å². The summed E-state index contributed by atoms with van der Waals surface area (Å²) in [6.07, 6.45) is 2.01. The molecule has 130 valence electrons. The standard InChI is InChI=1S/C19H21N3O3/c1-3-18(23)21-14-7-8-16-13(10-14)11-17(22(16)4-2)19(24)20-12-15-6-5-9-25-15/h5-11H,3-4,12H2,1-2H3,(H,20,24)(H,21,23). The van der Waals surface area contributed by atoms with E-state index in [4.69, 9.17) is 4.42 Å². The third kappa shape index (κ3) is 3.57. The molecule has 0 atom stereocenters. The van der Waals surface area contributed by atoms with Gasteiger partial charge in [0.15, 0.2) is 0 Å². The number of aromatic nitrogens is 1. The summed E-state index contributed by atoms with van der Waals surface area (Å²) in [4.78, 5) is 24.1. The van der Waals surface area contributed by atoms with Gasteiger partial charge in [-0.3, -0.25) is 9.59 Å². The topological polar surface area (TPSA) is 76.3 Å². The van der Waals surface area contributed by atoms with Gasteiger partial charge in [0.1, 0.15) is 11.5 Å². The summed E-state index contributed by atoms with van der Waals surface area (Å²) >= 11 is 0. The van der Waals surface area contributed by atoms with Crippen LogP contribution in [-0.4, -0.2) is 16.4 Å². The predicted molar refractivity (Wildman–Crippen MR) is 96.4 cm³/mol. The van der Waals surface area contributed by atoms with Crippen molar-refractivity contribution in [2.75, 3.05) is 5.32 Å². The summed E-state index contributed by atoms with van der Waals surface area (Å²) in [5.41, 5.74) is 2.28. The Morgan fingerprint density at radius 2 is 2.00 bits per heavy atom. The molecular formula is C19H21N3O3. The Bertz CT molecular complexity index is 894. The highest BCUT2D eigenvalue weighted by atomic mass is 16.3. The minimum atomic E-state index is -0.159. The molecule has 0 aliphatic rings. The number of nitrogens with one attached hydrogen (secondary N) is 2. The van der Waals surface area contributed by atoms with Crippen molar-refractivity contribution in [2.45, 2.75) is 33.4 Å².